The van der Waals surface area contributed by atoms with Crippen molar-refractivity contribution in [3.63, 3.8) is 0 Å². The number of methoxy groups -OCH3 is 1. The first-order valence-corrected chi connectivity index (χ1v) is 7.43. The molecule has 1 fully saturated rings. The van der Waals surface area contributed by atoms with E-state index in [2.05, 4.69) is 36.5 Å². The molecule has 0 heterocycles. The van der Waals surface area contributed by atoms with Crippen molar-refractivity contribution < 1.29 is 9.53 Å². The van der Waals surface area contributed by atoms with Crippen molar-refractivity contribution in [2.45, 2.75) is 45.7 Å². The normalized spacial score (nSPS) is 17.9. The summed E-state index contributed by atoms with van der Waals surface area (Å²) in [6, 6.07) is 8.61. The minimum atomic E-state index is -0.244. The van der Waals surface area contributed by atoms with Crippen molar-refractivity contribution in [3.05, 3.63) is 35.4 Å². The number of hydrogen-bond acceptors (Lipinski definition) is 3. The van der Waals surface area contributed by atoms with Gasteiger partial charge in [-0.15, -0.1) is 0 Å². The van der Waals surface area contributed by atoms with Gasteiger partial charge in [0.1, 0.15) is 6.04 Å². The molecular weight excluding hydrogens is 250 g/mol. The molecule has 3 heteroatoms. The molecule has 0 aromatic heterocycles. The van der Waals surface area contributed by atoms with Crippen LogP contribution in [0.25, 0.3) is 0 Å². The van der Waals surface area contributed by atoms with E-state index < -0.39 is 0 Å². The molecule has 20 heavy (non-hydrogen) atoms. The van der Waals surface area contributed by atoms with Gasteiger partial charge in [-0.1, -0.05) is 43.7 Å². The number of carbonyl (C=O) groups excluding carboxylic acids is 1. The predicted octanol–water partition coefficient (Wildman–Crippen LogP) is 3.23. The number of nitrogens with one attached hydrogen (secondary N) is 1. The van der Waals surface area contributed by atoms with E-state index in [0.29, 0.717) is 5.92 Å². The fourth-order valence-corrected chi connectivity index (χ4v) is 2.56. The van der Waals surface area contributed by atoms with Gasteiger partial charge < -0.3 is 4.74 Å². The number of rotatable bonds is 6. The lowest BCUT2D eigenvalue weighted by Crippen LogP contribution is -2.44. The lowest BCUT2D eigenvalue weighted by molar-refractivity contribution is -0.144. The second kappa shape index (κ2) is 6.40. The van der Waals surface area contributed by atoms with Crippen LogP contribution in [-0.4, -0.2) is 19.1 Å². The zero-order valence-electron chi connectivity index (χ0n) is 12.8. The molecule has 1 aromatic rings. The van der Waals surface area contributed by atoms with Crippen molar-refractivity contribution in [1.82, 2.24) is 5.32 Å². The van der Waals surface area contributed by atoms with Crippen LogP contribution in [0.1, 0.15) is 43.9 Å². The summed E-state index contributed by atoms with van der Waals surface area (Å²) in [5, 5.41) is 3.53. The molecule has 0 saturated heterocycles. The molecule has 1 aliphatic carbocycles. The lowest BCUT2D eigenvalue weighted by atomic mass is 9.97. The molecule has 1 unspecified atom stereocenters. The van der Waals surface area contributed by atoms with Crippen LogP contribution in [-0.2, 0) is 9.53 Å². The van der Waals surface area contributed by atoms with E-state index in [9.17, 15) is 4.79 Å². The zero-order chi connectivity index (χ0) is 14.7. The van der Waals surface area contributed by atoms with E-state index in [1.165, 1.54) is 31.1 Å². The van der Waals surface area contributed by atoms with Crippen molar-refractivity contribution in [2.24, 2.45) is 11.8 Å². The minimum Gasteiger partial charge on any atom is -0.468 e. The summed E-state index contributed by atoms with van der Waals surface area (Å²) in [6.07, 6.45) is 2.47. The quantitative estimate of drug-likeness (QED) is 0.810. The Labute approximate surface area is 121 Å². The molecule has 3 nitrogen and oxygen atoms in total. The van der Waals surface area contributed by atoms with Gasteiger partial charge in [-0.25, -0.2) is 0 Å². The van der Waals surface area contributed by atoms with Gasteiger partial charge in [-0.3, -0.25) is 10.1 Å². The fraction of sp³-hybridized carbons (Fsp3) is 0.588. The Kier molecular flexibility index (Phi) is 4.81. The van der Waals surface area contributed by atoms with Gasteiger partial charge in [0.05, 0.1) is 7.11 Å². The van der Waals surface area contributed by atoms with Gasteiger partial charge in [0, 0.05) is 6.04 Å². The molecule has 1 N–H and O–H groups in total. The van der Waals surface area contributed by atoms with Gasteiger partial charge in [0.15, 0.2) is 0 Å². The molecule has 0 amide bonds. The van der Waals surface area contributed by atoms with E-state index in [1.807, 2.05) is 13.8 Å². The number of ether oxygens (including phenoxy) is 1. The van der Waals surface area contributed by atoms with Crippen molar-refractivity contribution in [1.29, 1.82) is 0 Å². The van der Waals surface area contributed by atoms with Crippen LogP contribution in [0.2, 0.25) is 0 Å². The molecular formula is C17H25NO2. The van der Waals surface area contributed by atoms with E-state index in [4.69, 9.17) is 4.74 Å². The van der Waals surface area contributed by atoms with Crippen LogP contribution in [0.15, 0.2) is 24.3 Å². The standard InChI is InChI=1S/C17H25NO2/c1-11(2)15(17(19)20-4)18-16(14-9-10-14)13-7-5-12(3)6-8-13/h5-8,11,14-16,18H,9-10H2,1-4H3/t15-,16?/m0/s1. The van der Waals surface area contributed by atoms with Crippen molar-refractivity contribution in [2.75, 3.05) is 7.11 Å². The average Bonchev–Trinajstić information content (AvgIpc) is 3.24. The molecule has 2 rings (SSSR count). The Bertz CT molecular complexity index is 449. The smallest absolute Gasteiger partial charge is 0.323 e. The Hall–Kier alpha value is -1.35. The Morgan fingerprint density at radius 1 is 1.25 bits per heavy atom. The van der Waals surface area contributed by atoms with E-state index in [0.717, 1.165) is 0 Å². The van der Waals surface area contributed by atoms with E-state index in [1.54, 1.807) is 0 Å². The van der Waals surface area contributed by atoms with Crippen LogP contribution < -0.4 is 5.32 Å². The van der Waals surface area contributed by atoms with Crippen LogP contribution in [0.3, 0.4) is 0 Å². The Morgan fingerprint density at radius 2 is 1.85 bits per heavy atom. The highest BCUT2D eigenvalue weighted by Crippen LogP contribution is 2.41. The predicted molar refractivity (Wildman–Crippen MR) is 80.4 cm³/mol. The van der Waals surface area contributed by atoms with Crippen LogP contribution in [0.4, 0.5) is 0 Å². The topological polar surface area (TPSA) is 38.3 Å². The van der Waals surface area contributed by atoms with Gasteiger partial charge in [0.25, 0.3) is 0 Å². The second-order valence-corrected chi connectivity index (χ2v) is 6.14. The summed E-state index contributed by atoms with van der Waals surface area (Å²) in [4.78, 5) is 11.9. The summed E-state index contributed by atoms with van der Waals surface area (Å²) in [5.74, 6) is 0.690. The summed E-state index contributed by atoms with van der Waals surface area (Å²) in [6.45, 7) is 6.19. The minimum absolute atomic E-state index is 0.169. The highest BCUT2D eigenvalue weighted by molar-refractivity contribution is 5.76. The number of aryl methyl sites for hydroxylation is 1. The maximum absolute atomic E-state index is 11.9. The van der Waals surface area contributed by atoms with Gasteiger partial charge in [0.2, 0.25) is 0 Å². The first-order valence-electron chi connectivity index (χ1n) is 7.43. The number of benzene rings is 1. The second-order valence-electron chi connectivity index (χ2n) is 6.14. The summed E-state index contributed by atoms with van der Waals surface area (Å²) in [5.41, 5.74) is 2.53. The number of esters is 1. The van der Waals surface area contributed by atoms with Gasteiger partial charge in [-0.2, -0.15) is 0 Å². The maximum atomic E-state index is 11.9. The lowest BCUT2D eigenvalue weighted by Gasteiger charge is -2.27. The first-order chi connectivity index (χ1) is 9.52. The fourth-order valence-electron chi connectivity index (χ4n) is 2.56. The highest BCUT2D eigenvalue weighted by Gasteiger charge is 2.36. The van der Waals surface area contributed by atoms with Gasteiger partial charge in [-0.05, 0) is 37.2 Å². The third-order valence-corrected chi connectivity index (χ3v) is 4.01. The van der Waals surface area contributed by atoms with E-state index >= 15 is 0 Å². The monoisotopic (exact) mass is 275 g/mol. The molecule has 110 valence electrons. The molecule has 2 atom stereocenters. The molecule has 0 aliphatic heterocycles. The Morgan fingerprint density at radius 3 is 2.30 bits per heavy atom. The number of hydrogen-bond donors (Lipinski definition) is 1. The van der Waals surface area contributed by atoms with E-state index in [-0.39, 0.29) is 24.0 Å². The molecule has 1 aromatic carbocycles. The van der Waals surface area contributed by atoms with Crippen LogP contribution in [0.5, 0.6) is 0 Å². The molecule has 1 aliphatic rings. The highest BCUT2D eigenvalue weighted by atomic mass is 16.5. The summed E-state index contributed by atoms with van der Waals surface area (Å²) < 4.78 is 4.93. The molecule has 0 radical (unpaired) electrons. The SMILES string of the molecule is COC(=O)[C@@H](NC(c1ccc(C)cc1)C1CC1)C(C)C. The summed E-state index contributed by atoms with van der Waals surface area (Å²) >= 11 is 0. The van der Waals surface area contributed by atoms with Crippen molar-refractivity contribution in [3.8, 4) is 0 Å². The molecule has 0 bridgehead atoms. The zero-order valence-corrected chi connectivity index (χ0v) is 12.8. The Balaban J connectivity index is 2.16. The van der Waals surface area contributed by atoms with Gasteiger partial charge >= 0.3 is 5.97 Å². The first kappa shape index (κ1) is 15.0. The van der Waals surface area contributed by atoms with Crippen LogP contribution >= 0.6 is 0 Å². The number of carbonyl (C=O) groups is 1. The molecule has 1 saturated carbocycles. The summed E-state index contributed by atoms with van der Waals surface area (Å²) in [7, 11) is 1.46. The maximum Gasteiger partial charge on any atom is 0.323 e. The third-order valence-electron chi connectivity index (χ3n) is 4.01. The third kappa shape index (κ3) is 3.60. The average molecular weight is 275 g/mol. The molecule has 0 spiro atoms. The largest absolute Gasteiger partial charge is 0.468 e. The van der Waals surface area contributed by atoms with Crippen LogP contribution in [0, 0.1) is 18.8 Å². The van der Waals surface area contributed by atoms with Crippen molar-refractivity contribution >= 4 is 5.97 Å².